The molecule has 3 rings (SSSR count). The van der Waals surface area contributed by atoms with Crippen LogP contribution >= 0.6 is 11.3 Å². The van der Waals surface area contributed by atoms with Gasteiger partial charge < -0.3 is 9.26 Å². The lowest BCUT2D eigenvalue weighted by molar-refractivity contribution is -0.123. The normalized spacial score (nSPS) is 12.3. The minimum Gasteiger partial charge on any atom is -0.448 e. The molecule has 3 aromatic heterocycles. The summed E-state index contributed by atoms with van der Waals surface area (Å²) in [6.45, 7) is 5.11. The highest BCUT2D eigenvalue weighted by atomic mass is 32.1. The second kappa shape index (κ2) is 6.08. The Morgan fingerprint density at radius 1 is 1.38 bits per heavy atom. The van der Waals surface area contributed by atoms with Crippen LogP contribution in [-0.4, -0.2) is 32.9 Å². The Hall–Kier alpha value is -2.68. The summed E-state index contributed by atoms with van der Waals surface area (Å²) in [5.74, 6) is -0.825. The Bertz CT molecular complexity index is 889. The van der Waals surface area contributed by atoms with Gasteiger partial charge in [-0.25, -0.2) is 4.79 Å². The maximum absolute atomic E-state index is 12.2. The number of carbonyl (C=O) groups excluding carboxylic acids is 2. The zero-order chi connectivity index (χ0) is 17.4. The molecule has 0 aliphatic carbocycles. The van der Waals surface area contributed by atoms with Gasteiger partial charge in [0.15, 0.2) is 6.10 Å². The molecule has 3 heterocycles. The number of nitrogens with one attached hydrogen (secondary N) is 1. The van der Waals surface area contributed by atoms with Crippen LogP contribution < -0.4 is 5.32 Å². The molecule has 0 saturated heterocycles. The molecule has 0 aliphatic rings. The first-order valence-electron chi connectivity index (χ1n) is 7.23. The molecule has 0 unspecified atom stereocenters. The fourth-order valence-corrected chi connectivity index (χ4v) is 3.23. The van der Waals surface area contributed by atoms with Gasteiger partial charge >= 0.3 is 5.97 Å². The minimum atomic E-state index is -0.965. The number of aryl methyl sites for hydroxylation is 3. The summed E-state index contributed by atoms with van der Waals surface area (Å²) in [5, 5.41) is 11.4. The average Bonchev–Trinajstić information content (AvgIpc) is 3.18. The lowest BCUT2D eigenvalue weighted by Crippen LogP contribution is -2.29. The number of hydrogen-bond acceptors (Lipinski definition) is 7. The molecule has 9 heteroatoms. The van der Waals surface area contributed by atoms with Gasteiger partial charge in [-0.2, -0.15) is 5.10 Å². The van der Waals surface area contributed by atoms with Crippen LogP contribution in [-0.2, 0) is 16.6 Å². The Morgan fingerprint density at radius 3 is 2.75 bits per heavy atom. The van der Waals surface area contributed by atoms with Crippen LogP contribution in [0.4, 0.5) is 5.88 Å². The third-order valence-electron chi connectivity index (χ3n) is 3.42. The summed E-state index contributed by atoms with van der Waals surface area (Å²) < 4.78 is 11.8. The maximum Gasteiger partial charge on any atom is 0.349 e. The fourth-order valence-electron chi connectivity index (χ4n) is 2.22. The quantitative estimate of drug-likeness (QED) is 0.727. The molecular weight excluding hydrogens is 332 g/mol. The molecule has 8 nitrogen and oxygen atoms in total. The lowest BCUT2D eigenvalue weighted by atomic mass is 10.3. The molecule has 24 heavy (non-hydrogen) atoms. The summed E-state index contributed by atoms with van der Waals surface area (Å²) in [5.41, 5.74) is 1.48. The predicted molar refractivity (Wildman–Crippen MR) is 88.1 cm³/mol. The van der Waals surface area contributed by atoms with Crippen molar-refractivity contribution in [2.75, 3.05) is 5.32 Å². The summed E-state index contributed by atoms with van der Waals surface area (Å²) in [6, 6.07) is 3.31. The van der Waals surface area contributed by atoms with Crippen molar-refractivity contribution >= 4 is 39.3 Å². The molecule has 1 N–H and O–H groups in total. The molecule has 0 aromatic carbocycles. The van der Waals surface area contributed by atoms with E-state index in [2.05, 4.69) is 15.6 Å². The van der Waals surface area contributed by atoms with Crippen molar-refractivity contribution in [1.82, 2.24) is 14.9 Å². The van der Waals surface area contributed by atoms with E-state index in [0.29, 0.717) is 10.6 Å². The minimum absolute atomic E-state index is 0.212. The molecule has 0 spiro atoms. The topological polar surface area (TPSA) is 99.2 Å². The average molecular weight is 348 g/mol. The first-order valence-corrected chi connectivity index (χ1v) is 8.05. The highest BCUT2D eigenvalue weighted by Gasteiger charge is 2.22. The molecular formula is C15H16N4O4S. The van der Waals surface area contributed by atoms with Gasteiger partial charge in [-0.1, -0.05) is 5.16 Å². The largest absolute Gasteiger partial charge is 0.448 e. The van der Waals surface area contributed by atoms with E-state index in [9.17, 15) is 9.59 Å². The zero-order valence-electron chi connectivity index (χ0n) is 13.6. The number of esters is 1. The van der Waals surface area contributed by atoms with E-state index in [-0.39, 0.29) is 5.88 Å². The van der Waals surface area contributed by atoms with Crippen LogP contribution in [0.5, 0.6) is 0 Å². The van der Waals surface area contributed by atoms with Crippen LogP contribution in [0.2, 0.25) is 0 Å². The third kappa shape index (κ3) is 3.02. The van der Waals surface area contributed by atoms with Crippen molar-refractivity contribution in [2.45, 2.75) is 26.9 Å². The van der Waals surface area contributed by atoms with Crippen molar-refractivity contribution in [3.63, 3.8) is 0 Å². The highest BCUT2D eigenvalue weighted by Crippen LogP contribution is 2.28. The van der Waals surface area contributed by atoms with Crippen molar-refractivity contribution in [1.29, 1.82) is 0 Å². The number of fused-ring (bicyclic) bond motifs is 1. The van der Waals surface area contributed by atoms with E-state index in [0.717, 1.165) is 15.9 Å². The van der Waals surface area contributed by atoms with Crippen LogP contribution in [0.15, 0.2) is 16.7 Å². The number of anilines is 1. The summed E-state index contributed by atoms with van der Waals surface area (Å²) in [7, 11) is 1.82. The Kier molecular flexibility index (Phi) is 4.10. The van der Waals surface area contributed by atoms with Crippen molar-refractivity contribution in [3.8, 4) is 0 Å². The number of carbonyl (C=O) groups is 2. The number of amides is 1. The van der Waals surface area contributed by atoms with E-state index in [4.69, 9.17) is 9.26 Å². The monoisotopic (exact) mass is 348 g/mol. The SMILES string of the molecule is Cc1cc(NC(=O)[C@H](C)OC(=O)c2cc3c(C)nn(C)c3s2)on1. The zero-order valence-corrected chi connectivity index (χ0v) is 14.4. The molecule has 0 radical (unpaired) electrons. The van der Waals surface area contributed by atoms with E-state index in [1.54, 1.807) is 23.7 Å². The molecule has 0 bridgehead atoms. The van der Waals surface area contributed by atoms with Gasteiger partial charge in [0.25, 0.3) is 5.91 Å². The van der Waals surface area contributed by atoms with Gasteiger partial charge in [0, 0.05) is 18.5 Å². The second-order valence-electron chi connectivity index (χ2n) is 5.41. The fraction of sp³-hybridized carbons (Fsp3) is 0.333. The van der Waals surface area contributed by atoms with Gasteiger partial charge in [-0.3, -0.25) is 14.8 Å². The summed E-state index contributed by atoms with van der Waals surface area (Å²) >= 11 is 1.28. The third-order valence-corrected chi connectivity index (χ3v) is 4.61. The number of ether oxygens (including phenoxy) is 1. The number of hydrogen-bond donors (Lipinski definition) is 1. The number of nitrogens with zero attached hydrogens (tertiary/aromatic N) is 3. The maximum atomic E-state index is 12.2. The van der Waals surface area contributed by atoms with Crippen LogP contribution in [0.3, 0.4) is 0 Å². The lowest BCUT2D eigenvalue weighted by Gasteiger charge is -2.11. The summed E-state index contributed by atoms with van der Waals surface area (Å²) in [6.07, 6.45) is -0.965. The molecule has 0 saturated carbocycles. The van der Waals surface area contributed by atoms with Crippen LogP contribution in [0.1, 0.15) is 28.0 Å². The molecule has 0 fully saturated rings. The predicted octanol–water partition coefficient (Wildman–Crippen LogP) is 2.42. The van der Waals surface area contributed by atoms with Crippen molar-refractivity contribution in [2.24, 2.45) is 7.05 Å². The van der Waals surface area contributed by atoms with Crippen molar-refractivity contribution < 1.29 is 18.8 Å². The molecule has 3 aromatic rings. The standard InChI is InChI=1S/C15H16N4O4S/c1-7-5-12(23-18-7)16-13(20)9(3)22-15(21)11-6-10-8(2)17-19(4)14(10)24-11/h5-6,9H,1-4H3,(H,16,20)/t9-/m0/s1. The second-order valence-corrected chi connectivity index (χ2v) is 6.44. The smallest absolute Gasteiger partial charge is 0.349 e. The first kappa shape index (κ1) is 16.2. The highest BCUT2D eigenvalue weighted by molar-refractivity contribution is 7.20. The van der Waals surface area contributed by atoms with Crippen LogP contribution in [0, 0.1) is 13.8 Å². The molecule has 0 aliphatic heterocycles. The van der Waals surface area contributed by atoms with E-state index < -0.39 is 18.0 Å². The van der Waals surface area contributed by atoms with Crippen LogP contribution in [0.25, 0.3) is 10.2 Å². The van der Waals surface area contributed by atoms with Gasteiger partial charge in [0.1, 0.15) is 9.71 Å². The summed E-state index contributed by atoms with van der Waals surface area (Å²) in [4.78, 5) is 25.6. The molecule has 1 amide bonds. The van der Waals surface area contributed by atoms with E-state index in [1.807, 2.05) is 14.0 Å². The van der Waals surface area contributed by atoms with Crippen molar-refractivity contribution in [3.05, 3.63) is 28.4 Å². The Balaban J connectivity index is 1.68. The van der Waals surface area contributed by atoms with Gasteiger partial charge in [0.05, 0.1) is 11.4 Å². The Labute approximate surface area is 141 Å². The van der Waals surface area contributed by atoms with E-state index in [1.165, 1.54) is 18.3 Å². The van der Waals surface area contributed by atoms with E-state index >= 15 is 0 Å². The van der Waals surface area contributed by atoms with Gasteiger partial charge in [-0.05, 0) is 26.8 Å². The van der Waals surface area contributed by atoms with Gasteiger partial charge in [-0.15, -0.1) is 11.3 Å². The Morgan fingerprint density at radius 2 is 2.12 bits per heavy atom. The number of thiophene rings is 1. The van der Waals surface area contributed by atoms with Gasteiger partial charge in [0.2, 0.25) is 5.88 Å². The molecule has 126 valence electrons. The number of rotatable bonds is 4. The number of aromatic nitrogens is 3. The molecule has 1 atom stereocenters. The first-order chi connectivity index (χ1) is 11.3.